The molecule has 0 radical (unpaired) electrons. The largest absolute Gasteiger partial charge is 0.357 e. The maximum atomic E-state index is 13.3. The first-order chi connectivity index (χ1) is 16.9. The van der Waals surface area contributed by atoms with E-state index in [4.69, 9.17) is 0 Å². The summed E-state index contributed by atoms with van der Waals surface area (Å²) >= 11 is 0. The van der Waals surface area contributed by atoms with Crippen LogP contribution in [0.3, 0.4) is 0 Å². The molecule has 14 nitrogen and oxygen atoms in total. The van der Waals surface area contributed by atoms with Gasteiger partial charge < -0.3 is 36.2 Å². The second-order valence-electron chi connectivity index (χ2n) is 7.83. The Morgan fingerprint density at radius 3 is 1.37 bits per heavy atom. The molecule has 0 bridgehead atoms. The van der Waals surface area contributed by atoms with Crippen LogP contribution in [0.2, 0.25) is 0 Å². The highest BCUT2D eigenvalue weighted by Gasteiger charge is 2.30. The number of carbonyl (C=O) groups excluding carboxylic acids is 4. The number of hydrogen-bond donors (Lipinski definition) is 7. The quantitative estimate of drug-likeness (QED) is 0.155. The number of likely N-dealkylation sites (N-methyl/N-ethyl adjacent to an activating group) is 1. The first kappa shape index (κ1) is 25.1. The van der Waals surface area contributed by atoms with E-state index in [1.165, 1.54) is 39.2 Å². The van der Waals surface area contributed by atoms with Crippen molar-refractivity contribution in [3.63, 3.8) is 0 Å². The predicted molar refractivity (Wildman–Crippen MR) is 122 cm³/mol. The number of aromatic amines is 3. The van der Waals surface area contributed by atoms with E-state index in [9.17, 15) is 19.2 Å². The van der Waals surface area contributed by atoms with Crippen molar-refractivity contribution in [3.8, 4) is 0 Å². The van der Waals surface area contributed by atoms with Crippen LogP contribution < -0.4 is 21.3 Å². The van der Waals surface area contributed by atoms with Crippen LogP contribution in [0.1, 0.15) is 24.0 Å². The van der Waals surface area contributed by atoms with E-state index in [0.717, 1.165) is 0 Å². The summed E-state index contributed by atoms with van der Waals surface area (Å²) in [6.45, 7) is 1.30. The molecule has 35 heavy (non-hydrogen) atoms. The highest BCUT2D eigenvalue weighted by atomic mass is 16.2. The molecule has 0 aliphatic heterocycles. The van der Waals surface area contributed by atoms with E-state index >= 15 is 0 Å². The lowest BCUT2D eigenvalue weighted by Gasteiger charge is -2.24. The van der Waals surface area contributed by atoms with Gasteiger partial charge in [-0.2, -0.15) is 0 Å². The van der Waals surface area contributed by atoms with Crippen molar-refractivity contribution < 1.29 is 19.2 Å². The van der Waals surface area contributed by atoms with Crippen LogP contribution in [-0.2, 0) is 38.4 Å². The van der Waals surface area contributed by atoms with Crippen molar-refractivity contribution in [3.05, 3.63) is 54.7 Å². The van der Waals surface area contributed by atoms with Gasteiger partial charge in [0.1, 0.15) is 18.1 Å². The normalized spacial score (nSPS) is 13.3. The molecule has 14 heteroatoms. The van der Waals surface area contributed by atoms with Crippen molar-refractivity contribution in [1.82, 2.24) is 51.2 Å². The van der Waals surface area contributed by atoms with Crippen LogP contribution >= 0.6 is 0 Å². The number of carbonyl (C=O) groups is 4. The number of amides is 4. The zero-order chi connectivity index (χ0) is 25.2. The van der Waals surface area contributed by atoms with Gasteiger partial charge in [0.15, 0.2) is 0 Å². The molecule has 3 atom stereocenters. The van der Waals surface area contributed by atoms with Crippen LogP contribution in [-0.4, -0.2) is 78.7 Å². The summed E-state index contributed by atoms with van der Waals surface area (Å²) in [7, 11) is 1.46. The number of nitrogens with one attached hydrogen (secondary N) is 7. The maximum absolute atomic E-state index is 13.3. The Morgan fingerprint density at radius 2 is 1.06 bits per heavy atom. The molecular formula is C21H28N10O4. The fourth-order valence-corrected chi connectivity index (χ4v) is 3.44. The summed E-state index contributed by atoms with van der Waals surface area (Å²) in [6.07, 6.45) is 9.42. The molecule has 7 N–H and O–H groups in total. The van der Waals surface area contributed by atoms with Gasteiger partial charge in [0.2, 0.25) is 23.6 Å². The number of aromatic nitrogens is 6. The number of hydrogen-bond acceptors (Lipinski definition) is 7. The molecule has 0 aromatic carbocycles. The SMILES string of the molecule is CNC(=O)[C@H](Cc1cnc[nH]1)NC(=O)[C@H](Cc1cnc[nH]1)NC(=O)[C@H](Cc1cnc[nH]1)NC(C)=O. The van der Waals surface area contributed by atoms with Crippen molar-refractivity contribution in [2.45, 2.75) is 44.3 Å². The summed E-state index contributed by atoms with van der Waals surface area (Å²) in [5, 5.41) is 10.5. The predicted octanol–water partition coefficient (Wildman–Crippen LogP) is -1.90. The van der Waals surface area contributed by atoms with Gasteiger partial charge in [-0.05, 0) is 0 Å². The summed E-state index contributed by atoms with van der Waals surface area (Å²) in [5.41, 5.74) is 1.88. The monoisotopic (exact) mass is 484 g/mol. The number of nitrogens with zero attached hydrogens (tertiary/aromatic N) is 3. The minimum atomic E-state index is -1.06. The Balaban J connectivity index is 1.77. The summed E-state index contributed by atoms with van der Waals surface area (Å²) < 4.78 is 0. The fraction of sp³-hybridized carbons (Fsp3) is 0.381. The third kappa shape index (κ3) is 7.52. The molecule has 0 fully saturated rings. The van der Waals surface area contributed by atoms with E-state index in [1.807, 2.05) is 0 Å². The van der Waals surface area contributed by atoms with Gasteiger partial charge in [-0.1, -0.05) is 0 Å². The molecular weight excluding hydrogens is 456 g/mol. The lowest BCUT2D eigenvalue weighted by atomic mass is 10.1. The van der Waals surface area contributed by atoms with Gasteiger partial charge in [0.25, 0.3) is 0 Å². The Hall–Kier alpha value is -4.49. The first-order valence-corrected chi connectivity index (χ1v) is 10.9. The van der Waals surface area contributed by atoms with E-state index < -0.39 is 41.8 Å². The zero-order valence-electron chi connectivity index (χ0n) is 19.3. The zero-order valence-corrected chi connectivity index (χ0v) is 19.3. The third-order valence-electron chi connectivity index (χ3n) is 5.14. The van der Waals surface area contributed by atoms with E-state index in [1.54, 1.807) is 12.4 Å². The van der Waals surface area contributed by atoms with E-state index in [2.05, 4.69) is 51.2 Å². The molecule has 186 valence electrons. The summed E-state index contributed by atoms with van der Waals surface area (Å²) in [4.78, 5) is 71.0. The summed E-state index contributed by atoms with van der Waals surface area (Å²) in [6, 6.07) is -2.93. The smallest absolute Gasteiger partial charge is 0.243 e. The standard InChI is InChI=1S/C21H28N10O4/c1-12(32)29-17(4-14-7-24-10-27-14)20(34)31-18(5-15-8-25-11-28-15)21(35)30-16(19(33)22-2)3-13-6-23-9-26-13/h6-11,16-18H,3-5H2,1-2H3,(H,22,33)(H,23,26)(H,24,27)(H,25,28)(H,29,32)(H,30,35)(H,31,34)/t16-,17-,18-/m0/s1. The van der Waals surface area contributed by atoms with Crippen LogP contribution in [0, 0.1) is 0 Å². The average molecular weight is 485 g/mol. The molecule has 0 spiro atoms. The van der Waals surface area contributed by atoms with Crippen molar-refractivity contribution in [1.29, 1.82) is 0 Å². The van der Waals surface area contributed by atoms with E-state index in [0.29, 0.717) is 17.1 Å². The fourth-order valence-electron chi connectivity index (χ4n) is 3.44. The van der Waals surface area contributed by atoms with Crippen molar-refractivity contribution >= 4 is 23.6 Å². The topological polar surface area (TPSA) is 202 Å². The highest BCUT2D eigenvalue weighted by molar-refractivity contribution is 5.94. The second kappa shape index (κ2) is 12.1. The second-order valence-corrected chi connectivity index (χ2v) is 7.83. The average Bonchev–Trinajstić information content (AvgIpc) is 3.61. The van der Waals surface area contributed by atoms with Gasteiger partial charge in [-0.3, -0.25) is 19.2 Å². The van der Waals surface area contributed by atoms with Crippen LogP contribution in [0.4, 0.5) is 0 Å². The molecule has 3 aromatic rings. The molecule has 4 amide bonds. The van der Waals surface area contributed by atoms with Crippen LogP contribution in [0.25, 0.3) is 0 Å². The van der Waals surface area contributed by atoms with Crippen LogP contribution in [0.5, 0.6) is 0 Å². The number of imidazole rings is 3. The molecule has 3 aromatic heterocycles. The molecule has 0 unspecified atom stereocenters. The summed E-state index contributed by atoms with van der Waals surface area (Å²) in [5.74, 6) is -1.96. The maximum Gasteiger partial charge on any atom is 0.243 e. The van der Waals surface area contributed by atoms with Gasteiger partial charge in [0.05, 0.1) is 19.0 Å². The Bertz CT molecular complexity index is 1100. The Labute approximate surface area is 200 Å². The minimum absolute atomic E-state index is 0.0823. The first-order valence-electron chi connectivity index (χ1n) is 10.9. The lowest BCUT2D eigenvalue weighted by Crippen LogP contribution is -2.57. The van der Waals surface area contributed by atoms with Gasteiger partial charge in [0, 0.05) is 68.9 Å². The number of rotatable bonds is 12. The Kier molecular flexibility index (Phi) is 8.70. The minimum Gasteiger partial charge on any atom is -0.357 e. The molecule has 0 aliphatic carbocycles. The molecule has 0 saturated carbocycles. The lowest BCUT2D eigenvalue weighted by molar-refractivity contribution is -0.133. The van der Waals surface area contributed by atoms with Crippen molar-refractivity contribution in [2.24, 2.45) is 0 Å². The van der Waals surface area contributed by atoms with Gasteiger partial charge >= 0.3 is 0 Å². The molecule has 3 rings (SSSR count). The Morgan fingerprint density at radius 1 is 0.686 bits per heavy atom. The molecule has 3 heterocycles. The highest BCUT2D eigenvalue weighted by Crippen LogP contribution is 2.05. The molecule has 0 saturated heterocycles. The van der Waals surface area contributed by atoms with Crippen LogP contribution in [0.15, 0.2) is 37.6 Å². The van der Waals surface area contributed by atoms with Gasteiger partial charge in [-0.25, -0.2) is 15.0 Å². The van der Waals surface area contributed by atoms with E-state index in [-0.39, 0.29) is 19.3 Å². The number of H-pyrrole nitrogens is 3. The van der Waals surface area contributed by atoms with Gasteiger partial charge in [-0.15, -0.1) is 0 Å². The third-order valence-corrected chi connectivity index (χ3v) is 5.14. The van der Waals surface area contributed by atoms with Crippen molar-refractivity contribution in [2.75, 3.05) is 7.05 Å². The molecule has 0 aliphatic rings.